The van der Waals surface area contributed by atoms with Crippen LogP contribution in [0, 0.1) is 6.92 Å². The maximum absolute atomic E-state index is 12.5. The van der Waals surface area contributed by atoms with Gasteiger partial charge in [0.1, 0.15) is 11.1 Å². The number of H-pyrrole nitrogens is 1. The molecule has 21 heavy (non-hydrogen) atoms. The van der Waals surface area contributed by atoms with Crippen molar-refractivity contribution in [1.82, 2.24) is 14.9 Å². The number of aliphatic hydroxyl groups excluding tert-OH is 1. The van der Waals surface area contributed by atoms with E-state index in [2.05, 4.69) is 9.97 Å². The first kappa shape index (κ1) is 15.2. The van der Waals surface area contributed by atoms with E-state index >= 15 is 0 Å². The van der Waals surface area contributed by atoms with Gasteiger partial charge in [-0.15, -0.1) is 0 Å². The molecule has 0 spiro atoms. The summed E-state index contributed by atoms with van der Waals surface area (Å²) in [5, 5.41) is 9.80. The summed E-state index contributed by atoms with van der Waals surface area (Å²) in [6.07, 6.45) is 0.410. The Bertz CT molecular complexity index is 705. The largest absolute Gasteiger partial charge is 0.442 e. The molecule has 0 saturated carbocycles. The predicted molar refractivity (Wildman–Crippen MR) is 74.2 cm³/mol. The van der Waals surface area contributed by atoms with Gasteiger partial charge >= 0.3 is 0 Å². The van der Waals surface area contributed by atoms with E-state index < -0.39 is 17.6 Å². The molecule has 2 rings (SSSR count). The van der Waals surface area contributed by atoms with Gasteiger partial charge in [0.25, 0.3) is 11.5 Å². The van der Waals surface area contributed by atoms with Crippen molar-refractivity contribution < 1.29 is 19.1 Å². The second kappa shape index (κ2) is 6.06. The van der Waals surface area contributed by atoms with Crippen molar-refractivity contribution >= 4 is 17.0 Å². The fourth-order valence-electron chi connectivity index (χ4n) is 2.15. The monoisotopic (exact) mass is 295 g/mol. The highest BCUT2D eigenvalue weighted by molar-refractivity contribution is 6.06. The van der Waals surface area contributed by atoms with Gasteiger partial charge in [-0.2, -0.15) is 0 Å². The zero-order valence-electron chi connectivity index (χ0n) is 12.0. The van der Waals surface area contributed by atoms with Crippen LogP contribution < -0.4 is 5.56 Å². The van der Waals surface area contributed by atoms with Gasteiger partial charge in [0.2, 0.25) is 5.71 Å². The maximum Gasteiger partial charge on any atom is 0.262 e. The number of carbonyl (C=O) groups is 1. The number of nitrogens with zero attached hydrogens (tertiary/aromatic N) is 2. The van der Waals surface area contributed by atoms with E-state index in [-0.39, 0.29) is 29.8 Å². The molecule has 0 bridgehead atoms. The molecule has 8 heteroatoms. The van der Waals surface area contributed by atoms with Crippen LogP contribution in [0.15, 0.2) is 15.5 Å². The molecule has 1 unspecified atom stereocenters. The quantitative estimate of drug-likeness (QED) is 0.797. The summed E-state index contributed by atoms with van der Waals surface area (Å²) in [4.78, 5) is 32.0. The number of aromatic nitrogens is 2. The van der Waals surface area contributed by atoms with Crippen LogP contribution in [0.25, 0.3) is 11.1 Å². The van der Waals surface area contributed by atoms with Crippen LogP contribution in [-0.2, 0) is 4.74 Å². The molecule has 0 saturated heterocycles. The Labute approximate surface area is 120 Å². The number of rotatable bonds is 5. The lowest BCUT2D eigenvalue weighted by molar-refractivity contribution is 0.0380. The van der Waals surface area contributed by atoms with Crippen LogP contribution >= 0.6 is 0 Å². The maximum atomic E-state index is 12.5. The number of aryl methyl sites for hydroxylation is 1. The molecule has 2 N–H and O–H groups in total. The van der Waals surface area contributed by atoms with Crippen LogP contribution in [-0.4, -0.2) is 59.3 Å². The lowest BCUT2D eigenvalue weighted by Crippen LogP contribution is -2.36. The van der Waals surface area contributed by atoms with Crippen LogP contribution in [0.4, 0.5) is 0 Å². The topological polar surface area (TPSA) is 109 Å². The van der Waals surface area contributed by atoms with Gasteiger partial charge in [-0.25, -0.2) is 4.98 Å². The molecule has 0 aliphatic carbocycles. The standard InChI is InChI=1S/C13H17N3O5/c1-7-9(10-11(18)14-6-15-12(10)21-7)13(19)16(2)4-8(17)5-20-3/h6,8,17H,4-5H2,1-3H3,(H,14,15,18). The van der Waals surface area contributed by atoms with Gasteiger partial charge in [0, 0.05) is 20.7 Å². The minimum absolute atomic E-state index is 0.0803. The molecule has 0 fully saturated rings. The van der Waals surface area contributed by atoms with E-state index in [1.165, 1.54) is 25.4 Å². The molecule has 0 aliphatic heterocycles. The number of likely N-dealkylation sites (N-methyl/N-ethyl adjacent to an activating group) is 1. The zero-order valence-corrected chi connectivity index (χ0v) is 12.0. The molecular formula is C13H17N3O5. The van der Waals surface area contributed by atoms with Crippen molar-refractivity contribution in [3.05, 3.63) is 28.0 Å². The summed E-state index contributed by atoms with van der Waals surface area (Å²) in [5.74, 6) is -0.104. The molecule has 0 radical (unpaired) electrons. The number of aromatic amines is 1. The molecule has 2 heterocycles. The smallest absolute Gasteiger partial charge is 0.262 e. The zero-order chi connectivity index (χ0) is 15.6. The summed E-state index contributed by atoms with van der Waals surface area (Å²) in [6, 6.07) is 0. The Morgan fingerprint density at radius 2 is 2.33 bits per heavy atom. The number of methoxy groups -OCH3 is 1. The Hall–Kier alpha value is -2.19. The Morgan fingerprint density at radius 3 is 3.00 bits per heavy atom. The lowest BCUT2D eigenvalue weighted by Gasteiger charge is -2.20. The Kier molecular flexibility index (Phi) is 4.39. The predicted octanol–water partition coefficient (Wildman–Crippen LogP) is -0.0962. The first-order valence-electron chi connectivity index (χ1n) is 6.35. The van der Waals surface area contributed by atoms with E-state index in [9.17, 15) is 14.7 Å². The van der Waals surface area contributed by atoms with Crippen LogP contribution in [0.5, 0.6) is 0 Å². The van der Waals surface area contributed by atoms with Gasteiger partial charge in [-0.1, -0.05) is 0 Å². The second-order valence-corrected chi connectivity index (χ2v) is 4.74. The van der Waals surface area contributed by atoms with Gasteiger partial charge in [0.05, 0.1) is 24.6 Å². The molecule has 0 aromatic carbocycles. The lowest BCUT2D eigenvalue weighted by atomic mass is 10.1. The summed E-state index contributed by atoms with van der Waals surface area (Å²) in [7, 11) is 2.99. The fraction of sp³-hybridized carbons (Fsp3) is 0.462. The molecule has 0 aliphatic rings. The summed E-state index contributed by atoms with van der Waals surface area (Å²) < 4.78 is 10.2. The Morgan fingerprint density at radius 1 is 1.62 bits per heavy atom. The average Bonchev–Trinajstić information content (AvgIpc) is 2.75. The van der Waals surface area contributed by atoms with Crippen molar-refractivity contribution in [1.29, 1.82) is 0 Å². The van der Waals surface area contributed by atoms with Gasteiger partial charge in [-0.3, -0.25) is 9.59 Å². The second-order valence-electron chi connectivity index (χ2n) is 4.74. The van der Waals surface area contributed by atoms with E-state index in [0.717, 1.165) is 0 Å². The van der Waals surface area contributed by atoms with Gasteiger partial charge in [-0.05, 0) is 6.92 Å². The van der Waals surface area contributed by atoms with Crippen molar-refractivity contribution in [2.45, 2.75) is 13.0 Å². The minimum atomic E-state index is -0.807. The SMILES string of the molecule is COCC(O)CN(C)C(=O)c1c(C)oc2nc[nH]c(=O)c12. The van der Waals surface area contributed by atoms with E-state index in [4.69, 9.17) is 9.15 Å². The van der Waals surface area contributed by atoms with E-state index in [0.29, 0.717) is 5.76 Å². The Balaban J connectivity index is 2.35. The fourth-order valence-corrected chi connectivity index (χ4v) is 2.15. The summed E-state index contributed by atoms with van der Waals surface area (Å²) in [6.45, 7) is 1.79. The highest BCUT2D eigenvalue weighted by Crippen LogP contribution is 2.21. The van der Waals surface area contributed by atoms with E-state index in [1.54, 1.807) is 6.92 Å². The van der Waals surface area contributed by atoms with Crippen molar-refractivity contribution in [3.63, 3.8) is 0 Å². The third kappa shape index (κ3) is 2.96. The third-order valence-corrected chi connectivity index (χ3v) is 3.07. The van der Waals surface area contributed by atoms with Crippen LogP contribution in [0.3, 0.4) is 0 Å². The number of furan rings is 1. The molecule has 2 aromatic rings. The van der Waals surface area contributed by atoms with E-state index in [1.807, 2.05) is 0 Å². The third-order valence-electron chi connectivity index (χ3n) is 3.07. The minimum Gasteiger partial charge on any atom is -0.442 e. The number of fused-ring (bicyclic) bond motifs is 1. The summed E-state index contributed by atoms with van der Waals surface area (Å²) >= 11 is 0. The molecule has 2 aromatic heterocycles. The van der Waals surface area contributed by atoms with Gasteiger partial charge in [0.15, 0.2) is 0 Å². The number of carbonyl (C=O) groups excluding carboxylic acids is 1. The van der Waals surface area contributed by atoms with Crippen molar-refractivity contribution in [2.75, 3.05) is 27.3 Å². The molecular weight excluding hydrogens is 278 g/mol. The number of amides is 1. The molecule has 1 atom stereocenters. The number of hydrogen-bond acceptors (Lipinski definition) is 6. The first-order valence-corrected chi connectivity index (χ1v) is 6.35. The number of nitrogens with one attached hydrogen (secondary N) is 1. The highest BCUT2D eigenvalue weighted by Gasteiger charge is 2.25. The van der Waals surface area contributed by atoms with Crippen LogP contribution in [0.1, 0.15) is 16.1 Å². The van der Waals surface area contributed by atoms with Crippen molar-refractivity contribution in [2.24, 2.45) is 0 Å². The van der Waals surface area contributed by atoms with Crippen molar-refractivity contribution in [3.8, 4) is 0 Å². The normalized spacial score (nSPS) is 12.6. The van der Waals surface area contributed by atoms with Gasteiger partial charge < -0.3 is 24.1 Å². The number of hydrogen-bond donors (Lipinski definition) is 2. The highest BCUT2D eigenvalue weighted by atomic mass is 16.5. The summed E-state index contributed by atoms with van der Waals surface area (Å²) in [5.41, 5.74) is -0.164. The number of aliphatic hydroxyl groups is 1. The number of ether oxygens (including phenoxy) is 1. The molecule has 1 amide bonds. The first-order chi connectivity index (χ1) is 9.95. The molecule has 114 valence electrons. The average molecular weight is 295 g/mol. The van der Waals surface area contributed by atoms with Crippen LogP contribution in [0.2, 0.25) is 0 Å². The molecule has 8 nitrogen and oxygen atoms in total.